The number of aromatic nitrogens is 3. The lowest BCUT2D eigenvalue weighted by atomic mass is 10.3. The van der Waals surface area contributed by atoms with Crippen LogP contribution in [-0.4, -0.2) is 25.8 Å². The summed E-state index contributed by atoms with van der Waals surface area (Å²) in [5.41, 5.74) is 4.84. The first-order valence-corrected chi connectivity index (χ1v) is 8.63. The Morgan fingerprint density at radius 1 is 1.11 bits per heavy atom. The first-order valence-electron chi connectivity index (χ1n) is 7.44. The van der Waals surface area contributed by atoms with Crippen molar-refractivity contribution in [1.82, 2.24) is 20.4 Å². The molecule has 0 fully saturated rings. The Morgan fingerprint density at radius 2 is 1.81 bits per heavy atom. The lowest BCUT2D eigenvalue weighted by Gasteiger charge is -2.09. The Balaban J connectivity index is 1.82. The van der Waals surface area contributed by atoms with E-state index in [-0.39, 0.29) is 16.5 Å². The van der Waals surface area contributed by atoms with Crippen LogP contribution in [0.4, 0.5) is 11.5 Å². The largest absolute Gasteiger partial charge is 0.345 e. The summed E-state index contributed by atoms with van der Waals surface area (Å²) in [6, 6.07) is 9.80. The number of nitrogens with one attached hydrogen (secondary N) is 2. The number of anilines is 1. The van der Waals surface area contributed by atoms with E-state index in [1.54, 1.807) is 24.3 Å². The van der Waals surface area contributed by atoms with Crippen LogP contribution in [-0.2, 0) is 0 Å². The van der Waals surface area contributed by atoms with Gasteiger partial charge in [-0.3, -0.25) is 30.7 Å². The van der Waals surface area contributed by atoms with Crippen molar-refractivity contribution >= 4 is 40.8 Å². The van der Waals surface area contributed by atoms with Gasteiger partial charge >= 0.3 is 5.69 Å². The Morgan fingerprint density at radius 3 is 2.48 bits per heavy atom. The normalized spacial score (nSPS) is 10.3. The van der Waals surface area contributed by atoms with Gasteiger partial charge in [0.2, 0.25) is 5.82 Å². The number of carbonyl (C=O) groups excluding carboxylic acids is 1. The van der Waals surface area contributed by atoms with Gasteiger partial charge in [0.1, 0.15) is 6.33 Å². The first kappa shape index (κ1) is 18.5. The molecule has 0 aliphatic carbocycles. The summed E-state index contributed by atoms with van der Waals surface area (Å²) in [4.78, 5) is 35.4. The Bertz CT molecular complexity index is 972. The maximum absolute atomic E-state index is 12.1. The van der Waals surface area contributed by atoms with Gasteiger partial charge in [-0.25, -0.2) is 9.97 Å². The predicted molar refractivity (Wildman–Crippen MR) is 99.6 cm³/mol. The van der Waals surface area contributed by atoms with E-state index in [0.29, 0.717) is 15.5 Å². The maximum Gasteiger partial charge on any atom is 0.345 e. The molecule has 0 saturated carbocycles. The van der Waals surface area contributed by atoms with Crippen LogP contribution in [0.2, 0.25) is 5.02 Å². The minimum atomic E-state index is -0.612. The van der Waals surface area contributed by atoms with Crippen molar-refractivity contribution in [1.29, 1.82) is 0 Å². The molecule has 3 rings (SSSR count). The highest BCUT2D eigenvalue weighted by Gasteiger charge is 2.24. The first-order chi connectivity index (χ1) is 13.0. The minimum absolute atomic E-state index is 0.123. The number of nitrogens with zero attached hydrogens (tertiary/aromatic N) is 4. The third kappa shape index (κ3) is 4.68. The number of benzene rings is 1. The van der Waals surface area contributed by atoms with Crippen molar-refractivity contribution in [3.8, 4) is 0 Å². The molecule has 2 heterocycles. The average molecular weight is 403 g/mol. The summed E-state index contributed by atoms with van der Waals surface area (Å²) in [5, 5.41) is 12.2. The van der Waals surface area contributed by atoms with Gasteiger partial charge in [-0.05, 0) is 36.4 Å². The van der Waals surface area contributed by atoms with Crippen molar-refractivity contribution in [3.05, 3.63) is 75.8 Å². The van der Waals surface area contributed by atoms with E-state index >= 15 is 0 Å². The lowest BCUT2D eigenvalue weighted by Crippen LogP contribution is -2.30. The lowest BCUT2D eigenvalue weighted by molar-refractivity contribution is -0.387. The van der Waals surface area contributed by atoms with Crippen LogP contribution in [0.25, 0.3) is 0 Å². The number of halogens is 1. The van der Waals surface area contributed by atoms with E-state index in [4.69, 9.17) is 11.6 Å². The van der Waals surface area contributed by atoms with E-state index in [1.165, 1.54) is 30.9 Å². The Hall–Kier alpha value is -3.24. The summed E-state index contributed by atoms with van der Waals surface area (Å²) in [5.74, 6) is -0.619. The van der Waals surface area contributed by atoms with E-state index in [9.17, 15) is 14.9 Å². The van der Waals surface area contributed by atoms with E-state index in [0.717, 1.165) is 11.8 Å². The standard InChI is InChI=1S/C16H11ClN6O3S/c17-11-1-3-12(4-2-11)27-16-13(23(25)26)14(19-9-20-16)21-22-15(24)10-5-7-18-8-6-10/h1-9H,(H,22,24)(H,19,20,21). The summed E-state index contributed by atoms with van der Waals surface area (Å²) in [7, 11) is 0. The molecule has 0 spiro atoms. The zero-order chi connectivity index (χ0) is 19.2. The van der Waals surface area contributed by atoms with Gasteiger partial charge in [0.05, 0.1) is 4.92 Å². The minimum Gasteiger partial charge on any atom is -0.276 e. The highest BCUT2D eigenvalue weighted by molar-refractivity contribution is 7.99. The Labute approximate surface area is 162 Å². The fourth-order valence-corrected chi connectivity index (χ4v) is 2.99. The van der Waals surface area contributed by atoms with Crippen molar-refractivity contribution in [2.45, 2.75) is 9.92 Å². The second-order valence-electron chi connectivity index (χ2n) is 5.00. The van der Waals surface area contributed by atoms with Gasteiger partial charge in [-0.1, -0.05) is 23.4 Å². The molecule has 1 amide bonds. The number of hydrazine groups is 1. The Kier molecular flexibility index (Phi) is 5.79. The molecule has 2 aromatic heterocycles. The van der Waals surface area contributed by atoms with Crippen molar-refractivity contribution < 1.29 is 9.72 Å². The summed E-state index contributed by atoms with van der Waals surface area (Å²) < 4.78 is 0. The second kappa shape index (κ2) is 8.43. The highest BCUT2D eigenvalue weighted by Crippen LogP contribution is 2.36. The van der Waals surface area contributed by atoms with Gasteiger partial charge < -0.3 is 0 Å². The fraction of sp³-hybridized carbons (Fsp3) is 0. The highest BCUT2D eigenvalue weighted by atomic mass is 35.5. The van der Waals surface area contributed by atoms with Crippen LogP contribution in [0.5, 0.6) is 0 Å². The van der Waals surface area contributed by atoms with Crippen molar-refractivity contribution in [2.75, 3.05) is 5.43 Å². The molecule has 1 aromatic carbocycles. The molecule has 11 heteroatoms. The average Bonchev–Trinajstić information content (AvgIpc) is 2.68. The zero-order valence-corrected chi connectivity index (χ0v) is 15.1. The van der Waals surface area contributed by atoms with Crippen LogP contribution < -0.4 is 10.9 Å². The number of carbonyl (C=O) groups is 1. The fourth-order valence-electron chi connectivity index (χ4n) is 2.00. The molecule has 0 saturated heterocycles. The molecule has 0 aliphatic rings. The van der Waals surface area contributed by atoms with E-state index in [2.05, 4.69) is 25.8 Å². The van der Waals surface area contributed by atoms with E-state index in [1.807, 2.05) is 0 Å². The zero-order valence-electron chi connectivity index (χ0n) is 13.5. The topological polar surface area (TPSA) is 123 Å². The van der Waals surface area contributed by atoms with Gasteiger partial charge in [-0.15, -0.1) is 0 Å². The number of hydrogen-bond acceptors (Lipinski definition) is 8. The van der Waals surface area contributed by atoms with Gasteiger partial charge in [0.25, 0.3) is 5.91 Å². The molecular formula is C16H11ClN6O3S. The monoisotopic (exact) mass is 402 g/mol. The second-order valence-corrected chi connectivity index (χ2v) is 6.50. The molecule has 0 unspecified atom stereocenters. The van der Waals surface area contributed by atoms with Crippen LogP contribution >= 0.6 is 23.4 Å². The third-order valence-electron chi connectivity index (χ3n) is 3.24. The molecule has 3 aromatic rings. The summed E-state index contributed by atoms with van der Waals surface area (Å²) >= 11 is 6.93. The number of hydrogen-bond donors (Lipinski definition) is 2. The van der Waals surface area contributed by atoms with Crippen LogP contribution in [0.15, 0.2) is 65.0 Å². The number of nitro groups is 1. The molecule has 0 aliphatic heterocycles. The number of amides is 1. The molecule has 0 radical (unpaired) electrons. The molecule has 136 valence electrons. The maximum atomic E-state index is 12.1. The predicted octanol–water partition coefficient (Wildman–Crippen LogP) is 3.34. The SMILES string of the molecule is O=C(NNc1ncnc(Sc2ccc(Cl)cc2)c1[N+](=O)[O-])c1ccncc1. The molecule has 27 heavy (non-hydrogen) atoms. The third-order valence-corrected chi connectivity index (χ3v) is 4.49. The van der Waals surface area contributed by atoms with Gasteiger partial charge in [0.15, 0.2) is 5.03 Å². The van der Waals surface area contributed by atoms with E-state index < -0.39 is 10.8 Å². The summed E-state index contributed by atoms with van der Waals surface area (Å²) in [6.07, 6.45) is 4.10. The van der Waals surface area contributed by atoms with Crippen molar-refractivity contribution in [2.24, 2.45) is 0 Å². The molecular weight excluding hydrogens is 392 g/mol. The van der Waals surface area contributed by atoms with Crippen LogP contribution in [0.1, 0.15) is 10.4 Å². The van der Waals surface area contributed by atoms with Gasteiger partial charge in [0, 0.05) is 27.9 Å². The van der Waals surface area contributed by atoms with Gasteiger partial charge in [-0.2, -0.15) is 0 Å². The molecule has 2 N–H and O–H groups in total. The number of rotatable bonds is 6. The molecule has 0 atom stereocenters. The van der Waals surface area contributed by atoms with Crippen molar-refractivity contribution in [3.63, 3.8) is 0 Å². The smallest absolute Gasteiger partial charge is 0.276 e. The van der Waals surface area contributed by atoms with Crippen LogP contribution in [0, 0.1) is 10.1 Å². The summed E-state index contributed by atoms with van der Waals surface area (Å²) in [6.45, 7) is 0. The number of pyridine rings is 1. The molecule has 0 bridgehead atoms. The van der Waals surface area contributed by atoms with Crippen LogP contribution in [0.3, 0.4) is 0 Å². The quantitative estimate of drug-likeness (QED) is 0.365. The molecule has 9 nitrogen and oxygen atoms in total.